The Morgan fingerprint density at radius 1 is 1.19 bits per heavy atom. The monoisotopic (exact) mass is 365 g/mol. The van der Waals surface area contributed by atoms with Gasteiger partial charge in [0.15, 0.2) is 0 Å². The summed E-state index contributed by atoms with van der Waals surface area (Å²) in [6, 6.07) is 8.97. The summed E-state index contributed by atoms with van der Waals surface area (Å²) < 4.78 is 0. The lowest BCUT2D eigenvalue weighted by molar-refractivity contribution is -0.120. The van der Waals surface area contributed by atoms with Gasteiger partial charge in [0, 0.05) is 11.3 Å². The number of amides is 2. The van der Waals surface area contributed by atoms with Gasteiger partial charge in [-0.3, -0.25) is 9.59 Å². The average molecular weight is 365 g/mol. The van der Waals surface area contributed by atoms with Gasteiger partial charge in [-0.2, -0.15) is 0 Å². The molecule has 132 valence electrons. The van der Waals surface area contributed by atoms with E-state index >= 15 is 0 Å². The number of aryl methyl sites for hydroxylation is 1. The van der Waals surface area contributed by atoms with Gasteiger partial charge in [-0.25, -0.2) is 9.88 Å². The van der Waals surface area contributed by atoms with Gasteiger partial charge in [0.05, 0.1) is 17.0 Å². The fourth-order valence-electron chi connectivity index (χ4n) is 3.79. The van der Waals surface area contributed by atoms with Crippen LogP contribution in [0.5, 0.6) is 0 Å². The van der Waals surface area contributed by atoms with E-state index in [9.17, 15) is 9.59 Å². The van der Waals surface area contributed by atoms with Crippen LogP contribution in [0.3, 0.4) is 0 Å². The summed E-state index contributed by atoms with van der Waals surface area (Å²) in [5.74, 6) is -0.591. The first-order valence-corrected chi connectivity index (χ1v) is 9.43. The number of nitrogens with two attached hydrogens (primary N) is 1. The highest BCUT2D eigenvalue weighted by Crippen LogP contribution is 2.46. The van der Waals surface area contributed by atoms with Crippen LogP contribution in [0.25, 0.3) is 5.70 Å². The molecule has 2 aliphatic heterocycles. The number of carbonyl (C=O) groups excluding carboxylic acids is 2. The zero-order chi connectivity index (χ0) is 18.6. The molecular formula is C20H19N3O2S. The van der Waals surface area contributed by atoms with Gasteiger partial charge in [-0.15, -0.1) is 0 Å². The number of aromatic nitrogens is 1. The SMILES string of the molecule is CCc1c(C)nc2c(c1C)C(N)=C1C(=O)N(c3ccccc3)C(=O)C1S2. The lowest BCUT2D eigenvalue weighted by Gasteiger charge is -2.24. The highest BCUT2D eigenvalue weighted by atomic mass is 32.2. The molecule has 1 aromatic carbocycles. The van der Waals surface area contributed by atoms with Crippen LogP contribution in [-0.2, 0) is 16.0 Å². The van der Waals surface area contributed by atoms with Gasteiger partial charge in [0.1, 0.15) is 10.3 Å². The molecule has 26 heavy (non-hydrogen) atoms. The average Bonchev–Trinajstić information content (AvgIpc) is 2.86. The lowest BCUT2D eigenvalue weighted by atomic mass is 9.96. The summed E-state index contributed by atoms with van der Waals surface area (Å²) >= 11 is 1.33. The van der Waals surface area contributed by atoms with Gasteiger partial charge in [0.25, 0.3) is 11.8 Å². The van der Waals surface area contributed by atoms with E-state index in [2.05, 4.69) is 11.9 Å². The number of thioether (sulfide) groups is 1. The molecule has 0 spiro atoms. The Morgan fingerprint density at radius 2 is 1.88 bits per heavy atom. The Hall–Kier alpha value is -2.60. The zero-order valence-electron chi connectivity index (χ0n) is 14.9. The molecule has 1 atom stereocenters. The Balaban J connectivity index is 1.90. The third-order valence-corrected chi connectivity index (χ3v) is 6.24. The summed E-state index contributed by atoms with van der Waals surface area (Å²) in [5.41, 5.74) is 11.7. The zero-order valence-corrected chi connectivity index (χ0v) is 15.7. The van der Waals surface area contributed by atoms with Crippen molar-refractivity contribution in [2.45, 2.75) is 37.5 Å². The fourth-order valence-corrected chi connectivity index (χ4v) is 5.13. The second kappa shape index (κ2) is 5.99. The molecule has 2 amide bonds. The number of anilines is 1. The number of fused-ring (bicyclic) bond motifs is 2. The number of imide groups is 1. The smallest absolute Gasteiger partial charge is 0.264 e. The third-order valence-electron chi connectivity index (χ3n) is 5.04. The predicted octanol–water partition coefficient (Wildman–Crippen LogP) is 2.98. The Bertz CT molecular complexity index is 982. The highest BCUT2D eigenvalue weighted by molar-refractivity contribution is 8.01. The Labute approximate surface area is 156 Å². The molecule has 1 aromatic heterocycles. The van der Waals surface area contributed by atoms with E-state index < -0.39 is 5.25 Å². The van der Waals surface area contributed by atoms with Crippen LogP contribution in [0.4, 0.5) is 5.69 Å². The van der Waals surface area contributed by atoms with Crippen molar-refractivity contribution in [1.82, 2.24) is 4.98 Å². The van der Waals surface area contributed by atoms with Crippen LogP contribution in [0.2, 0.25) is 0 Å². The van der Waals surface area contributed by atoms with Gasteiger partial charge >= 0.3 is 0 Å². The molecule has 3 heterocycles. The Morgan fingerprint density at radius 3 is 2.54 bits per heavy atom. The standard InChI is InChI=1S/C20H19N3O2S/c1-4-13-10(2)14-16(21)15-17(26-18(14)22-11(13)3)20(25)23(19(15)24)12-8-6-5-7-9-12/h5-9,17H,4,21H2,1-3H3. The molecule has 5 nitrogen and oxygen atoms in total. The van der Waals surface area contributed by atoms with E-state index in [4.69, 9.17) is 5.73 Å². The minimum absolute atomic E-state index is 0.258. The second-order valence-electron chi connectivity index (χ2n) is 6.47. The molecule has 2 N–H and O–H groups in total. The van der Waals surface area contributed by atoms with Crippen molar-refractivity contribution in [3.8, 4) is 0 Å². The first-order valence-electron chi connectivity index (χ1n) is 8.55. The van der Waals surface area contributed by atoms with Crippen molar-refractivity contribution in [2.24, 2.45) is 5.73 Å². The number of pyridine rings is 1. The summed E-state index contributed by atoms with van der Waals surface area (Å²) in [5, 5.41) is 0.105. The van der Waals surface area contributed by atoms with Gasteiger partial charge in [-0.1, -0.05) is 36.9 Å². The minimum atomic E-state index is -0.631. The molecule has 2 aliphatic rings. The molecule has 4 rings (SSSR count). The van der Waals surface area contributed by atoms with E-state index in [1.54, 1.807) is 24.3 Å². The molecule has 0 saturated carbocycles. The molecule has 1 unspecified atom stereocenters. The predicted molar refractivity (Wildman–Crippen MR) is 103 cm³/mol. The lowest BCUT2D eigenvalue weighted by Crippen LogP contribution is -2.31. The summed E-state index contributed by atoms with van der Waals surface area (Å²) in [6.07, 6.45) is 0.845. The third kappa shape index (κ3) is 2.22. The maximum absolute atomic E-state index is 13.0. The summed E-state index contributed by atoms with van der Waals surface area (Å²) in [6.45, 7) is 6.06. The maximum Gasteiger partial charge on any atom is 0.264 e. The van der Waals surface area contributed by atoms with Crippen LogP contribution in [0, 0.1) is 13.8 Å². The second-order valence-corrected chi connectivity index (χ2v) is 7.57. The van der Waals surface area contributed by atoms with E-state index in [-0.39, 0.29) is 11.8 Å². The minimum Gasteiger partial charge on any atom is -0.398 e. The molecule has 1 saturated heterocycles. The molecule has 0 aliphatic carbocycles. The molecular weight excluding hydrogens is 346 g/mol. The highest BCUT2D eigenvalue weighted by Gasteiger charge is 2.49. The Kier molecular flexibility index (Phi) is 3.88. The van der Waals surface area contributed by atoms with Crippen molar-refractivity contribution in [3.63, 3.8) is 0 Å². The molecule has 2 aromatic rings. The van der Waals surface area contributed by atoms with E-state index in [0.29, 0.717) is 17.0 Å². The van der Waals surface area contributed by atoms with Crippen LogP contribution in [-0.4, -0.2) is 22.0 Å². The summed E-state index contributed by atoms with van der Waals surface area (Å²) in [4.78, 5) is 31.9. The van der Waals surface area contributed by atoms with Crippen LogP contribution in [0.1, 0.15) is 29.3 Å². The number of nitrogens with zero attached hydrogens (tertiary/aromatic N) is 2. The van der Waals surface area contributed by atoms with E-state index in [1.165, 1.54) is 16.7 Å². The topological polar surface area (TPSA) is 76.3 Å². The van der Waals surface area contributed by atoms with Gasteiger partial charge in [-0.05, 0) is 43.5 Å². The first-order chi connectivity index (χ1) is 12.5. The van der Waals surface area contributed by atoms with Crippen molar-refractivity contribution in [3.05, 3.63) is 58.3 Å². The fraction of sp³-hybridized carbons (Fsp3) is 0.250. The maximum atomic E-state index is 13.0. The molecule has 6 heteroatoms. The normalized spacial score (nSPS) is 19.0. The quantitative estimate of drug-likeness (QED) is 0.828. The van der Waals surface area contributed by atoms with Crippen molar-refractivity contribution >= 4 is 35.0 Å². The number of carbonyl (C=O) groups is 2. The van der Waals surface area contributed by atoms with E-state index in [1.807, 2.05) is 19.9 Å². The number of hydrogen-bond acceptors (Lipinski definition) is 5. The number of para-hydroxylation sites is 1. The van der Waals surface area contributed by atoms with Crippen molar-refractivity contribution in [2.75, 3.05) is 4.90 Å². The molecule has 1 fully saturated rings. The van der Waals surface area contributed by atoms with E-state index in [0.717, 1.165) is 33.8 Å². The van der Waals surface area contributed by atoms with Crippen LogP contribution < -0.4 is 10.6 Å². The van der Waals surface area contributed by atoms with Crippen LogP contribution >= 0.6 is 11.8 Å². The van der Waals surface area contributed by atoms with Crippen molar-refractivity contribution < 1.29 is 9.59 Å². The van der Waals surface area contributed by atoms with Gasteiger partial charge < -0.3 is 5.73 Å². The number of hydrogen-bond donors (Lipinski definition) is 1. The van der Waals surface area contributed by atoms with Crippen LogP contribution in [0.15, 0.2) is 40.9 Å². The first kappa shape index (κ1) is 16.8. The van der Waals surface area contributed by atoms with Crippen molar-refractivity contribution in [1.29, 1.82) is 0 Å². The molecule has 0 bridgehead atoms. The summed E-state index contributed by atoms with van der Waals surface area (Å²) in [7, 11) is 0. The largest absolute Gasteiger partial charge is 0.398 e. The molecule has 0 radical (unpaired) electrons. The van der Waals surface area contributed by atoms with Gasteiger partial charge in [0.2, 0.25) is 0 Å². The number of rotatable bonds is 2. The number of benzene rings is 1.